The Bertz CT molecular complexity index is 1930. The minimum absolute atomic E-state index is 0.0736. The molecule has 0 heterocycles. The fourth-order valence-corrected chi connectivity index (χ4v) is 12.1. The minimum Gasteiger partial charge on any atom is -0.459 e. The summed E-state index contributed by atoms with van der Waals surface area (Å²) < 4.78 is 38.4. The molecule has 0 spiro atoms. The predicted octanol–water partition coefficient (Wildman–Crippen LogP) is 17.3. The molecule has 0 aliphatic carbocycles. The summed E-state index contributed by atoms with van der Waals surface area (Å²) in [6, 6.07) is 20.5. The van der Waals surface area contributed by atoms with E-state index in [1.807, 2.05) is 64.1 Å². The molecule has 0 aromatic heterocycles. The summed E-state index contributed by atoms with van der Waals surface area (Å²) in [6.07, 6.45) is 16.4. The lowest BCUT2D eigenvalue weighted by Crippen LogP contribution is -2.45. The van der Waals surface area contributed by atoms with Crippen molar-refractivity contribution in [2.45, 2.75) is 255 Å². The van der Waals surface area contributed by atoms with E-state index in [2.05, 4.69) is 134 Å². The highest BCUT2D eigenvalue weighted by Crippen LogP contribution is 2.44. The standard InChI is InChI=1S/C65H111O8P/c1-22-50(2)45-65(21,48-59(9,10)68-42-32-29-39-57(5,6)63(17,18)70-46-55(53-35-25-23-26-36-53)61(13,14)72-51(3)66)41-31-34-44-74-49-60(11,12)69-43-33-30-40-58(7,8)64(19,20)71-47-56(54-37-27-24-28-38-54)62(15,16)73-52(4)67/h22-28,35-38,50,55-56,74H,1,29-34,39-49H2,2-21H3. The highest BCUT2D eigenvalue weighted by Gasteiger charge is 2.43. The summed E-state index contributed by atoms with van der Waals surface area (Å²) in [5.74, 6) is -0.317. The Morgan fingerprint density at radius 2 is 0.932 bits per heavy atom. The Kier molecular flexibility index (Phi) is 26.8. The molecule has 0 aliphatic heterocycles. The zero-order chi connectivity index (χ0) is 56.3. The largest absolute Gasteiger partial charge is 0.459 e. The van der Waals surface area contributed by atoms with Crippen LogP contribution in [0.3, 0.4) is 0 Å². The second-order valence-corrected chi connectivity index (χ2v) is 28.3. The molecule has 5 unspecified atom stereocenters. The molecule has 0 radical (unpaired) electrons. The number of esters is 2. The van der Waals surface area contributed by atoms with Crippen LogP contribution in [0.15, 0.2) is 73.3 Å². The van der Waals surface area contributed by atoms with Crippen molar-refractivity contribution in [2.24, 2.45) is 22.2 Å². The maximum Gasteiger partial charge on any atom is 0.303 e. The average Bonchev–Trinajstić information content (AvgIpc) is 3.26. The third-order valence-electron chi connectivity index (χ3n) is 16.8. The lowest BCUT2D eigenvalue weighted by Gasteiger charge is -2.44. The second-order valence-electron chi connectivity index (χ2n) is 26.9. The quantitative estimate of drug-likeness (QED) is 0.0284. The van der Waals surface area contributed by atoms with Crippen molar-refractivity contribution >= 4 is 20.5 Å². The SMILES string of the molecule is C=CC(C)CC(C)(CCCCPCC(C)(C)OCCCCC(C)(C)C(C)(C)OCC(c1ccccc1)C(C)(C)OC(C)=O)CC(C)(C)OCCCCC(C)(C)C(C)(C)OCC(c1ccccc1)C(C)(C)OC(C)=O. The van der Waals surface area contributed by atoms with Crippen LogP contribution in [0.25, 0.3) is 0 Å². The van der Waals surface area contributed by atoms with Gasteiger partial charge in [0.25, 0.3) is 0 Å². The van der Waals surface area contributed by atoms with E-state index in [1.165, 1.54) is 39.3 Å². The normalized spacial score (nSPS) is 15.7. The van der Waals surface area contributed by atoms with Gasteiger partial charge < -0.3 is 28.4 Å². The van der Waals surface area contributed by atoms with E-state index in [1.54, 1.807) is 0 Å². The van der Waals surface area contributed by atoms with Crippen LogP contribution in [0.5, 0.6) is 0 Å². The van der Waals surface area contributed by atoms with Gasteiger partial charge in [-0.05, 0) is 180 Å². The van der Waals surface area contributed by atoms with Crippen LogP contribution in [-0.2, 0) is 38.0 Å². The summed E-state index contributed by atoms with van der Waals surface area (Å²) in [5.41, 5.74) is -0.376. The number of hydrogen-bond acceptors (Lipinski definition) is 8. The lowest BCUT2D eigenvalue weighted by atomic mass is 9.71. The van der Waals surface area contributed by atoms with Crippen molar-refractivity contribution in [3.63, 3.8) is 0 Å². The van der Waals surface area contributed by atoms with Crippen LogP contribution in [0.2, 0.25) is 0 Å². The van der Waals surface area contributed by atoms with Crippen molar-refractivity contribution in [1.29, 1.82) is 0 Å². The molecule has 0 N–H and O–H groups in total. The van der Waals surface area contributed by atoms with E-state index in [-0.39, 0.29) is 51.2 Å². The van der Waals surface area contributed by atoms with Crippen molar-refractivity contribution in [1.82, 2.24) is 0 Å². The summed E-state index contributed by atoms with van der Waals surface area (Å²) in [4.78, 5) is 24.1. The van der Waals surface area contributed by atoms with Crippen molar-refractivity contribution in [2.75, 3.05) is 38.8 Å². The fourth-order valence-electron chi connectivity index (χ4n) is 10.7. The Morgan fingerprint density at radius 1 is 0.541 bits per heavy atom. The molecule has 424 valence electrons. The number of hydrogen-bond donors (Lipinski definition) is 0. The van der Waals surface area contributed by atoms with Crippen LogP contribution < -0.4 is 0 Å². The van der Waals surface area contributed by atoms with Gasteiger partial charge in [0.2, 0.25) is 0 Å². The molecular weight excluding hydrogens is 940 g/mol. The summed E-state index contributed by atoms with van der Waals surface area (Å²) >= 11 is 0. The Hall–Kier alpha value is -2.61. The first kappa shape index (κ1) is 67.5. The molecule has 0 fully saturated rings. The van der Waals surface area contributed by atoms with E-state index in [0.717, 1.165) is 90.4 Å². The molecule has 5 atom stereocenters. The number of ether oxygens (including phenoxy) is 6. The summed E-state index contributed by atoms with van der Waals surface area (Å²) in [7, 11) is 0.885. The number of rotatable bonds is 38. The van der Waals surface area contributed by atoms with Gasteiger partial charge >= 0.3 is 11.9 Å². The van der Waals surface area contributed by atoms with Gasteiger partial charge in [-0.2, -0.15) is 0 Å². The van der Waals surface area contributed by atoms with Gasteiger partial charge in [-0.3, -0.25) is 9.59 Å². The first-order valence-corrected chi connectivity index (χ1v) is 29.8. The van der Waals surface area contributed by atoms with Gasteiger partial charge in [-0.1, -0.05) is 128 Å². The predicted molar refractivity (Wildman–Crippen MR) is 314 cm³/mol. The summed E-state index contributed by atoms with van der Waals surface area (Å²) in [5, 5.41) is 0. The maximum absolute atomic E-state index is 12.1. The Labute approximate surface area is 456 Å². The van der Waals surface area contributed by atoms with E-state index >= 15 is 0 Å². The van der Waals surface area contributed by atoms with Gasteiger partial charge in [0.05, 0.1) is 35.6 Å². The van der Waals surface area contributed by atoms with Crippen LogP contribution in [0.4, 0.5) is 0 Å². The molecule has 74 heavy (non-hydrogen) atoms. The van der Waals surface area contributed by atoms with E-state index in [4.69, 9.17) is 28.4 Å². The molecule has 2 aromatic carbocycles. The zero-order valence-electron chi connectivity index (χ0n) is 51.1. The third-order valence-corrected chi connectivity index (χ3v) is 18.6. The van der Waals surface area contributed by atoms with E-state index in [0.29, 0.717) is 19.1 Å². The fraction of sp³-hybridized carbons (Fsp3) is 0.754. The highest BCUT2D eigenvalue weighted by molar-refractivity contribution is 7.38. The molecule has 0 saturated heterocycles. The molecule has 0 saturated carbocycles. The molecule has 2 rings (SSSR count). The van der Waals surface area contributed by atoms with Gasteiger partial charge in [0, 0.05) is 38.9 Å². The first-order chi connectivity index (χ1) is 34.0. The van der Waals surface area contributed by atoms with Crippen molar-refractivity contribution < 1.29 is 38.0 Å². The topological polar surface area (TPSA) is 89.5 Å². The first-order valence-electron chi connectivity index (χ1n) is 28.4. The maximum atomic E-state index is 12.1. The molecule has 9 heteroatoms. The molecule has 0 amide bonds. The van der Waals surface area contributed by atoms with Crippen LogP contribution in [0.1, 0.15) is 232 Å². The zero-order valence-corrected chi connectivity index (χ0v) is 52.1. The minimum atomic E-state index is -0.715. The third kappa shape index (κ3) is 23.6. The number of benzene rings is 2. The van der Waals surface area contributed by atoms with Gasteiger partial charge in [0.1, 0.15) is 11.2 Å². The second kappa shape index (κ2) is 29.4. The number of unbranched alkanes of at least 4 members (excludes halogenated alkanes) is 3. The molecule has 8 nitrogen and oxygen atoms in total. The van der Waals surface area contributed by atoms with Gasteiger partial charge in [-0.25, -0.2) is 0 Å². The smallest absolute Gasteiger partial charge is 0.303 e. The van der Waals surface area contributed by atoms with Crippen molar-refractivity contribution in [3.8, 4) is 0 Å². The summed E-state index contributed by atoms with van der Waals surface area (Å²) in [6.45, 7) is 49.3. The van der Waals surface area contributed by atoms with Crippen LogP contribution >= 0.6 is 8.58 Å². The van der Waals surface area contributed by atoms with Crippen LogP contribution in [-0.4, -0.2) is 84.3 Å². The molecule has 0 bridgehead atoms. The van der Waals surface area contributed by atoms with Crippen molar-refractivity contribution in [3.05, 3.63) is 84.4 Å². The number of carbonyl (C=O) groups excluding carboxylic acids is 2. The number of allylic oxidation sites excluding steroid dienone is 1. The monoisotopic (exact) mass is 1050 g/mol. The Morgan fingerprint density at radius 3 is 1.32 bits per heavy atom. The molecule has 2 aromatic rings. The van der Waals surface area contributed by atoms with Crippen LogP contribution in [0, 0.1) is 22.2 Å². The average molecular weight is 1050 g/mol. The van der Waals surface area contributed by atoms with Gasteiger partial charge in [0.15, 0.2) is 0 Å². The van der Waals surface area contributed by atoms with E-state index in [9.17, 15) is 9.59 Å². The molecular formula is C65H111O8P. The highest BCUT2D eigenvalue weighted by atomic mass is 31.1. The number of carbonyl (C=O) groups is 2. The Balaban J connectivity index is 1.81. The van der Waals surface area contributed by atoms with E-state index < -0.39 is 22.4 Å². The molecule has 0 aliphatic rings. The lowest BCUT2D eigenvalue weighted by molar-refractivity contribution is -0.163. The van der Waals surface area contributed by atoms with Gasteiger partial charge in [-0.15, -0.1) is 15.2 Å².